The van der Waals surface area contributed by atoms with Crippen molar-refractivity contribution in [3.8, 4) is 0 Å². The van der Waals surface area contributed by atoms with Gasteiger partial charge in [0.25, 0.3) is 0 Å². The number of fused-ring (bicyclic) bond motifs is 5. The molecule has 1 aromatic rings. The zero-order valence-electron chi connectivity index (χ0n) is 13.8. The van der Waals surface area contributed by atoms with Crippen molar-refractivity contribution in [2.75, 3.05) is 13.2 Å². The highest BCUT2D eigenvalue weighted by atomic mass is 79.9. The minimum Gasteiger partial charge on any atom is -0.456 e. The lowest BCUT2D eigenvalue weighted by atomic mass is 9.85. The minimum atomic E-state index is -0.752. The van der Waals surface area contributed by atoms with Crippen LogP contribution in [0.4, 0.5) is 0 Å². The molecule has 1 aromatic carbocycles. The summed E-state index contributed by atoms with van der Waals surface area (Å²) in [5, 5.41) is 0. The number of rotatable bonds is 5. The van der Waals surface area contributed by atoms with Crippen molar-refractivity contribution in [3.63, 3.8) is 0 Å². The predicted octanol–water partition coefficient (Wildman–Crippen LogP) is 1.98. The number of ketones is 1. The van der Waals surface area contributed by atoms with Crippen molar-refractivity contribution < 1.29 is 23.9 Å². The van der Waals surface area contributed by atoms with Gasteiger partial charge in [0.2, 0.25) is 11.8 Å². The first-order valence-electron chi connectivity index (χ1n) is 8.43. The van der Waals surface area contributed by atoms with Crippen molar-refractivity contribution in [2.45, 2.75) is 6.42 Å². The van der Waals surface area contributed by atoms with E-state index in [2.05, 4.69) is 15.9 Å². The van der Waals surface area contributed by atoms with Gasteiger partial charge < -0.3 is 4.74 Å². The van der Waals surface area contributed by atoms with Gasteiger partial charge in [-0.1, -0.05) is 40.2 Å². The lowest BCUT2D eigenvalue weighted by Crippen LogP contribution is -2.38. The molecule has 2 amide bonds. The van der Waals surface area contributed by atoms with E-state index in [1.54, 1.807) is 24.3 Å². The van der Waals surface area contributed by atoms with E-state index >= 15 is 0 Å². The number of halogens is 1. The molecular weight excluding hydrogens is 402 g/mol. The van der Waals surface area contributed by atoms with Crippen molar-refractivity contribution >= 4 is 39.5 Å². The van der Waals surface area contributed by atoms with Crippen LogP contribution in [0.15, 0.2) is 40.9 Å². The van der Waals surface area contributed by atoms with Crippen molar-refractivity contribution in [1.29, 1.82) is 0 Å². The molecule has 0 aromatic heterocycles. The quantitative estimate of drug-likeness (QED) is 0.316. The summed E-state index contributed by atoms with van der Waals surface area (Å²) in [7, 11) is 0. The molecule has 0 unspecified atom stereocenters. The van der Waals surface area contributed by atoms with Crippen LogP contribution in [0.1, 0.15) is 16.8 Å². The van der Waals surface area contributed by atoms with Gasteiger partial charge in [0.05, 0.1) is 11.8 Å². The van der Waals surface area contributed by atoms with Crippen molar-refractivity contribution in [2.24, 2.45) is 23.7 Å². The monoisotopic (exact) mass is 417 g/mol. The summed E-state index contributed by atoms with van der Waals surface area (Å²) < 4.78 is 5.82. The molecular formula is C19H16BrNO5. The lowest BCUT2D eigenvalue weighted by Gasteiger charge is -2.16. The fourth-order valence-corrected chi connectivity index (χ4v) is 4.42. The first kappa shape index (κ1) is 17.1. The third-order valence-corrected chi connectivity index (χ3v) is 5.91. The van der Waals surface area contributed by atoms with Gasteiger partial charge in [-0.2, -0.15) is 0 Å². The van der Waals surface area contributed by atoms with Crippen LogP contribution in [0.5, 0.6) is 0 Å². The van der Waals surface area contributed by atoms with Gasteiger partial charge in [0.15, 0.2) is 12.4 Å². The van der Waals surface area contributed by atoms with Crippen LogP contribution in [-0.4, -0.2) is 41.6 Å². The second-order valence-corrected chi connectivity index (χ2v) is 7.77. The lowest BCUT2D eigenvalue weighted by molar-refractivity contribution is -0.152. The third-order valence-electron chi connectivity index (χ3n) is 5.38. The van der Waals surface area contributed by atoms with E-state index in [0.717, 1.165) is 15.8 Å². The van der Waals surface area contributed by atoms with E-state index in [1.807, 2.05) is 12.2 Å². The summed E-state index contributed by atoms with van der Waals surface area (Å²) in [6.45, 7) is -0.853. The second-order valence-electron chi connectivity index (χ2n) is 6.85. The number of carbonyl (C=O) groups excluding carboxylic acids is 4. The Bertz CT molecular complexity index is 801. The van der Waals surface area contributed by atoms with Gasteiger partial charge in [0.1, 0.15) is 6.54 Å². The molecule has 0 N–H and O–H groups in total. The number of hydrogen-bond donors (Lipinski definition) is 0. The summed E-state index contributed by atoms with van der Waals surface area (Å²) in [6, 6.07) is 6.69. The molecule has 6 nitrogen and oxygen atoms in total. The van der Waals surface area contributed by atoms with Crippen LogP contribution in [0.25, 0.3) is 0 Å². The topological polar surface area (TPSA) is 80.8 Å². The molecule has 2 fully saturated rings. The maximum absolute atomic E-state index is 12.5. The number of ether oxygens (including phenoxy) is 1. The van der Waals surface area contributed by atoms with Crippen LogP contribution in [-0.2, 0) is 19.1 Å². The summed E-state index contributed by atoms with van der Waals surface area (Å²) in [4.78, 5) is 50.1. The zero-order chi connectivity index (χ0) is 18.4. The fourth-order valence-electron chi connectivity index (χ4n) is 4.16. The minimum absolute atomic E-state index is 0.0986. The molecule has 4 atom stereocenters. The number of carbonyl (C=O) groups is 4. The zero-order valence-corrected chi connectivity index (χ0v) is 15.3. The Hall–Kier alpha value is -2.28. The summed E-state index contributed by atoms with van der Waals surface area (Å²) >= 11 is 3.28. The highest BCUT2D eigenvalue weighted by Crippen LogP contribution is 2.52. The largest absolute Gasteiger partial charge is 0.456 e. The molecule has 7 heteroatoms. The number of allylic oxidation sites excluding steroid dienone is 2. The van der Waals surface area contributed by atoms with E-state index in [4.69, 9.17) is 4.74 Å². The van der Waals surface area contributed by atoms with Crippen LogP contribution in [0.2, 0.25) is 0 Å². The Kier molecular flexibility index (Phi) is 4.26. The van der Waals surface area contributed by atoms with Crippen LogP contribution < -0.4 is 0 Å². The standard InChI is InChI=1S/C19H16BrNO5/c20-13-5-3-10(4-6-13)14(22)9-26-15(23)8-21-18(24)16-11-1-2-12(7-11)17(16)19(21)25/h1-6,11-12,16-17H,7-9H2/t11-,12-,16+,17+/m0/s1. The highest BCUT2D eigenvalue weighted by molar-refractivity contribution is 9.10. The fraction of sp³-hybridized carbons (Fsp3) is 0.368. The average molecular weight is 418 g/mol. The Morgan fingerprint density at radius 2 is 1.62 bits per heavy atom. The van der Waals surface area contributed by atoms with E-state index < -0.39 is 19.1 Å². The molecule has 3 aliphatic rings. The van der Waals surface area contributed by atoms with Crippen LogP contribution >= 0.6 is 15.9 Å². The van der Waals surface area contributed by atoms with Gasteiger partial charge in [0, 0.05) is 10.0 Å². The molecule has 134 valence electrons. The van der Waals surface area contributed by atoms with Gasteiger partial charge in [-0.15, -0.1) is 0 Å². The SMILES string of the molecule is O=C(CN1C(=O)[C@H]2[C@H](C1=O)[C@H]1C=C[C@H]2C1)OCC(=O)c1ccc(Br)cc1. The van der Waals surface area contributed by atoms with E-state index in [0.29, 0.717) is 5.56 Å². The molecule has 26 heavy (non-hydrogen) atoms. The average Bonchev–Trinajstić information content (AvgIpc) is 3.30. The molecule has 1 saturated carbocycles. The molecule has 4 rings (SSSR count). The van der Waals surface area contributed by atoms with Gasteiger partial charge in [-0.3, -0.25) is 24.1 Å². The molecule has 2 bridgehead atoms. The van der Waals surface area contributed by atoms with Crippen molar-refractivity contribution in [1.82, 2.24) is 4.90 Å². The number of likely N-dealkylation sites (tertiary alicyclic amines) is 1. The van der Waals surface area contributed by atoms with Gasteiger partial charge in [-0.25, -0.2) is 0 Å². The maximum Gasteiger partial charge on any atom is 0.326 e. The van der Waals surface area contributed by atoms with Gasteiger partial charge in [-0.05, 0) is 30.4 Å². The Morgan fingerprint density at radius 1 is 1.04 bits per heavy atom. The molecule has 1 heterocycles. The second kappa shape index (κ2) is 6.46. The number of Topliss-reactive ketones (excluding diaryl/α,β-unsaturated/α-hetero) is 1. The molecule has 0 radical (unpaired) electrons. The summed E-state index contributed by atoms with van der Waals surface area (Å²) in [5.74, 6) is -2.17. The Morgan fingerprint density at radius 3 is 2.19 bits per heavy atom. The molecule has 0 spiro atoms. The smallest absolute Gasteiger partial charge is 0.326 e. The highest BCUT2D eigenvalue weighted by Gasteiger charge is 2.59. The number of benzene rings is 1. The van der Waals surface area contributed by atoms with Crippen molar-refractivity contribution in [3.05, 3.63) is 46.5 Å². The van der Waals surface area contributed by atoms with Gasteiger partial charge >= 0.3 is 5.97 Å². The summed E-state index contributed by atoms with van der Waals surface area (Å²) in [6.07, 6.45) is 4.83. The third kappa shape index (κ3) is 2.80. The number of amides is 2. The maximum atomic E-state index is 12.5. The number of esters is 1. The van der Waals surface area contributed by atoms with Crippen LogP contribution in [0, 0.1) is 23.7 Å². The normalized spacial score (nSPS) is 28.6. The van der Waals surface area contributed by atoms with E-state index in [9.17, 15) is 19.2 Å². The molecule has 1 saturated heterocycles. The van der Waals surface area contributed by atoms with Crippen LogP contribution in [0.3, 0.4) is 0 Å². The number of nitrogens with zero attached hydrogens (tertiary/aromatic N) is 1. The predicted molar refractivity (Wildman–Crippen MR) is 93.9 cm³/mol. The number of hydrogen-bond acceptors (Lipinski definition) is 5. The number of imide groups is 1. The molecule has 2 aliphatic carbocycles. The van der Waals surface area contributed by atoms with E-state index in [-0.39, 0.29) is 41.3 Å². The Balaban J connectivity index is 1.34. The first-order chi connectivity index (χ1) is 12.5. The first-order valence-corrected chi connectivity index (χ1v) is 9.23. The molecule has 1 aliphatic heterocycles. The summed E-state index contributed by atoms with van der Waals surface area (Å²) in [5.41, 5.74) is 0.423. The van der Waals surface area contributed by atoms with E-state index in [1.165, 1.54) is 0 Å². The Labute approximate surface area is 158 Å².